The van der Waals surface area contributed by atoms with E-state index in [0.717, 1.165) is 5.56 Å². The van der Waals surface area contributed by atoms with Gasteiger partial charge in [-0.15, -0.1) is 0 Å². The summed E-state index contributed by atoms with van der Waals surface area (Å²) in [4.78, 5) is 12.0. The van der Waals surface area contributed by atoms with Crippen molar-refractivity contribution >= 4 is 15.9 Å². The van der Waals surface area contributed by atoms with E-state index in [0.29, 0.717) is 12.8 Å². The SMILES string of the molecule is CNS(=O)(=O)c1ccc(C(C)NC(=O)C2(N)CC2)cc1. The zero-order valence-electron chi connectivity index (χ0n) is 11.5. The Morgan fingerprint density at radius 2 is 1.85 bits per heavy atom. The van der Waals surface area contributed by atoms with Gasteiger partial charge in [0.2, 0.25) is 15.9 Å². The number of sulfonamides is 1. The van der Waals surface area contributed by atoms with Crippen LogP contribution in [0.3, 0.4) is 0 Å². The van der Waals surface area contributed by atoms with Gasteiger partial charge in [-0.05, 0) is 44.5 Å². The van der Waals surface area contributed by atoms with Gasteiger partial charge < -0.3 is 11.1 Å². The van der Waals surface area contributed by atoms with Crippen LogP contribution in [0.15, 0.2) is 29.2 Å². The number of nitrogens with one attached hydrogen (secondary N) is 2. The number of rotatable bonds is 5. The summed E-state index contributed by atoms with van der Waals surface area (Å²) in [6.07, 6.45) is 1.43. The molecule has 0 radical (unpaired) electrons. The van der Waals surface area contributed by atoms with Gasteiger partial charge in [-0.3, -0.25) is 4.79 Å². The van der Waals surface area contributed by atoms with Crippen molar-refractivity contribution in [3.63, 3.8) is 0 Å². The highest BCUT2D eigenvalue weighted by Crippen LogP contribution is 2.32. The second-order valence-electron chi connectivity index (χ2n) is 5.13. The molecule has 4 N–H and O–H groups in total. The van der Waals surface area contributed by atoms with Gasteiger partial charge in [0.15, 0.2) is 0 Å². The van der Waals surface area contributed by atoms with E-state index in [9.17, 15) is 13.2 Å². The van der Waals surface area contributed by atoms with E-state index in [-0.39, 0.29) is 16.8 Å². The summed E-state index contributed by atoms with van der Waals surface area (Å²) in [5, 5.41) is 2.84. The number of carbonyl (C=O) groups is 1. The second-order valence-corrected chi connectivity index (χ2v) is 7.01. The molecule has 1 aromatic rings. The fraction of sp³-hybridized carbons (Fsp3) is 0.462. The topological polar surface area (TPSA) is 101 Å². The summed E-state index contributed by atoms with van der Waals surface area (Å²) in [5.41, 5.74) is 5.94. The lowest BCUT2D eigenvalue weighted by atomic mass is 10.1. The molecule has 0 aromatic heterocycles. The number of amides is 1. The minimum Gasteiger partial charge on any atom is -0.348 e. The van der Waals surface area contributed by atoms with Crippen LogP contribution in [0.5, 0.6) is 0 Å². The molecule has 0 saturated heterocycles. The lowest BCUT2D eigenvalue weighted by Gasteiger charge is -2.17. The predicted octanol–water partition coefficient (Wildman–Crippen LogP) is 0.263. The predicted molar refractivity (Wildman–Crippen MR) is 75.4 cm³/mol. The molecule has 2 rings (SSSR count). The Balaban J connectivity index is 2.08. The molecule has 110 valence electrons. The third-order valence-corrected chi connectivity index (χ3v) is 4.98. The molecule has 0 spiro atoms. The Morgan fingerprint density at radius 3 is 2.30 bits per heavy atom. The van der Waals surface area contributed by atoms with E-state index in [1.54, 1.807) is 12.1 Å². The molecule has 20 heavy (non-hydrogen) atoms. The van der Waals surface area contributed by atoms with Crippen LogP contribution in [-0.2, 0) is 14.8 Å². The highest BCUT2D eigenvalue weighted by Gasteiger charge is 2.46. The van der Waals surface area contributed by atoms with E-state index in [4.69, 9.17) is 5.73 Å². The summed E-state index contributed by atoms with van der Waals surface area (Å²) >= 11 is 0. The lowest BCUT2D eigenvalue weighted by molar-refractivity contribution is -0.123. The molecule has 1 aliphatic rings. The summed E-state index contributed by atoms with van der Waals surface area (Å²) in [6, 6.07) is 6.18. The number of benzene rings is 1. The van der Waals surface area contributed by atoms with Gasteiger partial charge in [0.1, 0.15) is 0 Å². The molecule has 6 nitrogen and oxygen atoms in total. The molecule has 0 heterocycles. The molecule has 1 aliphatic carbocycles. The Hall–Kier alpha value is -1.44. The van der Waals surface area contributed by atoms with E-state index >= 15 is 0 Å². The Labute approximate surface area is 118 Å². The van der Waals surface area contributed by atoms with Crippen molar-refractivity contribution in [1.82, 2.24) is 10.0 Å². The maximum Gasteiger partial charge on any atom is 0.240 e. The van der Waals surface area contributed by atoms with Gasteiger partial charge in [0.25, 0.3) is 0 Å². The minimum atomic E-state index is -3.43. The van der Waals surface area contributed by atoms with Gasteiger partial charge in [-0.2, -0.15) is 0 Å². The highest BCUT2D eigenvalue weighted by atomic mass is 32.2. The largest absolute Gasteiger partial charge is 0.348 e. The average Bonchev–Trinajstić information content (AvgIpc) is 3.18. The van der Waals surface area contributed by atoms with Gasteiger partial charge in [-0.25, -0.2) is 13.1 Å². The normalized spacial score (nSPS) is 18.4. The summed E-state index contributed by atoms with van der Waals surface area (Å²) < 4.78 is 25.5. The van der Waals surface area contributed by atoms with E-state index < -0.39 is 15.6 Å². The fourth-order valence-corrected chi connectivity index (χ4v) is 2.57. The first-order valence-corrected chi connectivity index (χ1v) is 7.90. The van der Waals surface area contributed by atoms with Crippen molar-refractivity contribution in [3.05, 3.63) is 29.8 Å². The average molecular weight is 297 g/mol. The minimum absolute atomic E-state index is 0.156. The van der Waals surface area contributed by atoms with E-state index in [1.807, 2.05) is 6.92 Å². The quantitative estimate of drug-likeness (QED) is 0.725. The Kier molecular flexibility index (Phi) is 3.86. The molecule has 1 saturated carbocycles. The van der Waals surface area contributed by atoms with Crippen molar-refractivity contribution in [2.75, 3.05) is 7.05 Å². The molecule has 1 aromatic carbocycles. The van der Waals surface area contributed by atoms with Crippen molar-refractivity contribution < 1.29 is 13.2 Å². The van der Waals surface area contributed by atoms with Gasteiger partial charge in [0, 0.05) is 0 Å². The van der Waals surface area contributed by atoms with Crippen molar-refractivity contribution in [3.8, 4) is 0 Å². The standard InChI is InChI=1S/C13H19N3O3S/c1-9(16-12(17)13(14)7-8-13)10-3-5-11(6-4-10)20(18,19)15-2/h3-6,9,15H,7-8,14H2,1-2H3,(H,16,17). The zero-order valence-corrected chi connectivity index (χ0v) is 12.3. The number of nitrogens with two attached hydrogens (primary N) is 1. The maximum absolute atomic E-state index is 11.8. The molecule has 0 aliphatic heterocycles. The third-order valence-electron chi connectivity index (χ3n) is 3.55. The second kappa shape index (κ2) is 5.16. The van der Waals surface area contributed by atoms with Crippen molar-refractivity contribution in [1.29, 1.82) is 0 Å². The molecular weight excluding hydrogens is 278 g/mol. The molecular formula is C13H19N3O3S. The Bertz CT molecular complexity index is 606. The Morgan fingerprint density at radius 1 is 1.30 bits per heavy atom. The monoisotopic (exact) mass is 297 g/mol. The van der Waals surface area contributed by atoms with Crippen LogP contribution in [0.25, 0.3) is 0 Å². The van der Waals surface area contributed by atoms with Gasteiger partial charge in [-0.1, -0.05) is 12.1 Å². The highest BCUT2D eigenvalue weighted by molar-refractivity contribution is 7.89. The first kappa shape index (κ1) is 15.0. The van der Waals surface area contributed by atoms with Gasteiger partial charge >= 0.3 is 0 Å². The van der Waals surface area contributed by atoms with Crippen molar-refractivity contribution in [2.45, 2.75) is 36.2 Å². The van der Waals surface area contributed by atoms with Crippen molar-refractivity contribution in [2.24, 2.45) is 5.73 Å². The van der Waals surface area contributed by atoms with Crippen LogP contribution in [0.4, 0.5) is 0 Å². The lowest BCUT2D eigenvalue weighted by Crippen LogP contribution is -2.43. The molecule has 1 amide bonds. The van der Waals surface area contributed by atoms with E-state index in [2.05, 4.69) is 10.0 Å². The summed E-state index contributed by atoms with van der Waals surface area (Å²) in [7, 11) is -2.07. The fourth-order valence-electron chi connectivity index (χ4n) is 1.84. The first-order chi connectivity index (χ1) is 9.28. The van der Waals surface area contributed by atoms with Crippen LogP contribution >= 0.6 is 0 Å². The molecule has 7 heteroatoms. The molecule has 1 fully saturated rings. The smallest absolute Gasteiger partial charge is 0.240 e. The zero-order chi connectivity index (χ0) is 15.0. The van der Waals surface area contributed by atoms with Crippen LogP contribution < -0.4 is 15.8 Å². The first-order valence-electron chi connectivity index (χ1n) is 6.42. The molecule has 1 atom stereocenters. The molecule has 0 bridgehead atoms. The number of carbonyl (C=O) groups excluding carboxylic acids is 1. The maximum atomic E-state index is 11.8. The number of hydrogen-bond donors (Lipinski definition) is 3. The van der Waals surface area contributed by atoms with Crippen LogP contribution in [-0.4, -0.2) is 26.9 Å². The third kappa shape index (κ3) is 3.00. The summed E-state index contributed by atoms with van der Waals surface area (Å²) in [5.74, 6) is -0.156. The van der Waals surface area contributed by atoms with Crippen LogP contribution in [0.1, 0.15) is 31.4 Å². The van der Waals surface area contributed by atoms with E-state index in [1.165, 1.54) is 19.2 Å². The van der Waals surface area contributed by atoms with Gasteiger partial charge in [0.05, 0.1) is 16.5 Å². The van der Waals surface area contributed by atoms with Crippen LogP contribution in [0, 0.1) is 0 Å². The summed E-state index contributed by atoms with van der Waals surface area (Å²) in [6.45, 7) is 1.84. The molecule has 1 unspecified atom stereocenters. The number of hydrogen-bond acceptors (Lipinski definition) is 4. The van der Waals surface area contributed by atoms with Crippen LogP contribution in [0.2, 0.25) is 0 Å².